The molecule has 1 N–H and O–H groups in total. The highest BCUT2D eigenvalue weighted by Gasteiger charge is 2.43. The lowest BCUT2D eigenvalue weighted by atomic mass is 9.83. The van der Waals surface area contributed by atoms with Crippen LogP contribution in [-0.4, -0.2) is 15.8 Å². The normalized spacial score (nSPS) is 30.1. The highest BCUT2D eigenvalue weighted by atomic mass is 16.1. The zero-order chi connectivity index (χ0) is 12.1. The first-order valence-electron chi connectivity index (χ1n) is 6.78. The molecule has 2 fully saturated rings. The molecule has 0 amide bonds. The second-order valence-corrected chi connectivity index (χ2v) is 5.77. The number of rotatable bonds is 2. The van der Waals surface area contributed by atoms with Crippen LogP contribution < -0.4 is 0 Å². The lowest BCUT2D eigenvalue weighted by molar-refractivity contribution is 0.0876. The fraction of sp³-hybridized carbons (Fsp3) is 0.467. The number of carbonyl (C=O) groups is 1. The van der Waals surface area contributed by atoms with Gasteiger partial charge in [-0.25, -0.2) is 0 Å². The van der Waals surface area contributed by atoms with E-state index in [9.17, 15) is 4.79 Å². The number of hydrogen-bond donors (Lipinski definition) is 1. The molecular formula is C15H16N2O. The average Bonchev–Trinajstić information content (AvgIpc) is 3.12. The van der Waals surface area contributed by atoms with E-state index in [0.29, 0.717) is 11.7 Å². The highest BCUT2D eigenvalue weighted by Crippen LogP contribution is 2.49. The molecule has 3 unspecified atom stereocenters. The van der Waals surface area contributed by atoms with Crippen molar-refractivity contribution < 1.29 is 4.79 Å². The molecule has 3 nitrogen and oxygen atoms in total. The molecule has 2 aromatic rings. The summed E-state index contributed by atoms with van der Waals surface area (Å²) in [5, 5.41) is 0.977. The zero-order valence-electron chi connectivity index (χ0n) is 10.2. The Morgan fingerprint density at radius 2 is 2.28 bits per heavy atom. The number of fused-ring (bicyclic) bond motifs is 3. The number of Topliss-reactive ketones (excluding diaryl/α,β-unsaturated/α-hetero) is 1. The molecule has 0 saturated heterocycles. The molecule has 3 atom stereocenters. The van der Waals surface area contributed by atoms with E-state index in [2.05, 4.69) is 9.97 Å². The second-order valence-electron chi connectivity index (χ2n) is 5.77. The molecule has 0 spiro atoms. The third kappa shape index (κ3) is 1.36. The Morgan fingerprint density at radius 3 is 3.06 bits per heavy atom. The number of nitrogens with one attached hydrogen (secondary N) is 1. The Kier molecular flexibility index (Phi) is 2.10. The van der Waals surface area contributed by atoms with Crippen LogP contribution in [0.4, 0.5) is 0 Å². The first-order valence-corrected chi connectivity index (χ1v) is 6.78. The smallest absolute Gasteiger partial charge is 0.168 e. The summed E-state index contributed by atoms with van der Waals surface area (Å²) in [4.78, 5) is 20.0. The molecular weight excluding hydrogens is 224 g/mol. The van der Waals surface area contributed by atoms with Crippen molar-refractivity contribution in [2.24, 2.45) is 17.8 Å². The van der Waals surface area contributed by atoms with Gasteiger partial charge in [0.25, 0.3) is 0 Å². The summed E-state index contributed by atoms with van der Waals surface area (Å²) in [5.74, 6) is 2.06. The molecule has 0 aliphatic heterocycles. The topological polar surface area (TPSA) is 45.8 Å². The largest absolute Gasteiger partial charge is 0.360 e. The van der Waals surface area contributed by atoms with Crippen molar-refractivity contribution in [3.05, 3.63) is 30.2 Å². The SMILES string of the molecule is O=C(c1c[nH]c2ccncc12)C1CC2CCC1C2. The number of aromatic nitrogens is 2. The van der Waals surface area contributed by atoms with E-state index in [4.69, 9.17) is 0 Å². The number of ketones is 1. The predicted octanol–water partition coefficient (Wildman–Crippen LogP) is 3.18. The Labute approximate surface area is 106 Å². The zero-order valence-corrected chi connectivity index (χ0v) is 10.2. The molecule has 4 rings (SSSR count). The van der Waals surface area contributed by atoms with E-state index in [1.165, 1.54) is 19.3 Å². The van der Waals surface area contributed by atoms with Gasteiger partial charge in [0.05, 0.1) is 0 Å². The van der Waals surface area contributed by atoms with Crippen molar-refractivity contribution in [2.45, 2.75) is 25.7 Å². The first-order chi connectivity index (χ1) is 8.83. The van der Waals surface area contributed by atoms with Crippen LogP contribution in [0, 0.1) is 17.8 Å². The Bertz CT molecular complexity index is 616. The van der Waals surface area contributed by atoms with Crippen LogP contribution >= 0.6 is 0 Å². The van der Waals surface area contributed by atoms with Crippen LogP contribution in [0.15, 0.2) is 24.7 Å². The molecule has 0 aromatic carbocycles. The van der Waals surface area contributed by atoms with E-state index in [1.807, 2.05) is 12.3 Å². The maximum atomic E-state index is 12.7. The van der Waals surface area contributed by atoms with E-state index in [0.717, 1.165) is 28.8 Å². The summed E-state index contributed by atoms with van der Waals surface area (Å²) in [6, 6.07) is 1.92. The molecule has 2 aromatic heterocycles. The van der Waals surface area contributed by atoms with Gasteiger partial charge in [-0.1, -0.05) is 6.42 Å². The van der Waals surface area contributed by atoms with Gasteiger partial charge in [0.1, 0.15) is 0 Å². The Balaban J connectivity index is 1.72. The number of pyridine rings is 1. The number of aromatic amines is 1. The van der Waals surface area contributed by atoms with Crippen molar-refractivity contribution in [2.75, 3.05) is 0 Å². The van der Waals surface area contributed by atoms with E-state index in [1.54, 1.807) is 12.4 Å². The van der Waals surface area contributed by atoms with Crippen LogP contribution in [0.2, 0.25) is 0 Å². The van der Waals surface area contributed by atoms with E-state index < -0.39 is 0 Å². The monoisotopic (exact) mass is 240 g/mol. The fourth-order valence-electron chi connectivity index (χ4n) is 3.93. The van der Waals surface area contributed by atoms with E-state index >= 15 is 0 Å². The van der Waals surface area contributed by atoms with Gasteiger partial charge in [-0.3, -0.25) is 9.78 Å². The number of carbonyl (C=O) groups excluding carboxylic acids is 1. The summed E-state index contributed by atoms with van der Waals surface area (Å²) in [7, 11) is 0. The number of nitrogens with zero attached hydrogens (tertiary/aromatic N) is 1. The number of H-pyrrole nitrogens is 1. The predicted molar refractivity (Wildman–Crippen MR) is 69.4 cm³/mol. The van der Waals surface area contributed by atoms with Crippen LogP contribution in [0.3, 0.4) is 0 Å². The van der Waals surface area contributed by atoms with Crippen molar-refractivity contribution in [1.29, 1.82) is 0 Å². The van der Waals surface area contributed by atoms with Crippen LogP contribution in [-0.2, 0) is 0 Å². The van der Waals surface area contributed by atoms with Gasteiger partial charge in [0.2, 0.25) is 0 Å². The van der Waals surface area contributed by atoms with E-state index in [-0.39, 0.29) is 5.92 Å². The van der Waals surface area contributed by atoms with Gasteiger partial charge in [0.15, 0.2) is 5.78 Å². The van der Waals surface area contributed by atoms with Crippen LogP contribution in [0.5, 0.6) is 0 Å². The molecule has 0 radical (unpaired) electrons. The fourth-order valence-corrected chi connectivity index (χ4v) is 3.93. The van der Waals surface area contributed by atoms with Gasteiger partial charge in [-0.05, 0) is 37.2 Å². The van der Waals surface area contributed by atoms with Crippen molar-refractivity contribution in [3.63, 3.8) is 0 Å². The maximum absolute atomic E-state index is 12.7. The molecule has 2 heterocycles. The summed E-state index contributed by atoms with van der Waals surface area (Å²) < 4.78 is 0. The highest BCUT2D eigenvalue weighted by molar-refractivity contribution is 6.08. The second kappa shape index (κ2) is 3.67. The van der Waals surface area contributed by atoms with Gasteiger partial charge in [-0.15, -0.1) is 0 Å². The molecule has 18 heavy (non-hydrogen) atoms. The standard InChI is InChI=1S/C15H16N2O/c18-15(11-6-9-1-2-10(11)5-9)13-8-17-14-3-4-16-7-12(13)14/h3-4,7-11,17H,1-2,5-6H2. The first kappa shape index (κ1) is 10.3. The molecule has 92 valence electrons. The van der Waals surface area contributed by atoms with Crippen molar-refractivity contribution >= 4 is 16.7 Å². The van der Waals surface area contributed by atoms with Crippen LogP contribution in [0.1, 0.15) is 36.0 Å². The third-order valence-electron chi connectivity index (χ3n) is 4.82. The summed E-state index contributed by atoms with van der Waals surface area (Å²) in [6.45, 7) is 0. The summed E-state index contributed by atoms with van der Waals surface area (Å²) in [5.41, 5.74) is 1.85. The minimum Gasteiger partial charge on any atom is -0.360 e. The minimum absolute atomic E-state index is 0.267. The van der Waals surface area contributed by atoms with Gasteiger partial charge >= 0.3 is 0 Å². The summed E-state index contributed by atoms with van der Waals surface area (Å²) >= 11 is 0. The lowest BCUT2D eigenvalue weighted by Gasteiger charge is -2.19. The number of hydrogen-bond acceptors (Lipinski definition) is 2. The lowest BCUT2D eigenvalue weighted by Crippen LogP contribution is -2.20. The molecule has 2 aliphatic rings. The Hall–Kier alpha value is -1.64. The molecule has 2 aliphatic carbocycles. The van der Waals surface area contributed by atoms with Crippen molar-refractivity contribution in [1.82, 2.24) is 9.97 Å². The molecule has 3 heteroatoms. The summed E-state index contributed by atoms with van der Waals surface area (Å²) in [6.07, 6.45) is 10.4. The Morgan fingerprint density at radius 1 is 1.33 bits per heavy atom. The molecule has 2 saturated carbocycles. The van der Waals surface area contributed by atoms with Gasteiger partial charge < -0.3 is 4.98 Å². The average molecular weight is 240 g/mol. The maximum Gasteiger partial charge on any atom is 0.168 e. The van der Waals surface area contributed by atoms with Crippen LogP contribution in [0.25, 0.3) is 10.9 Å². The third-order valence-corrected chi connectivity index (χ3v) is 4.82. The van der Waals surface area contributed by atoms with Crippen molar-refractivity contribution in [3.8, 4) is 0 Å². The minimum atomic E-state index is 0.267. The van der Waals surface area contributed by atoms with Gasteiger partial charge in [0, 0.05) is 41.0 Å². The quantitative estimate of drug-likeness (QED) is 0.819. The van der Waals surface area contributed by atoms with Gasteiger partial charge in [-0.2, -0.15) is 0 Å². The molecule has 2 bridgehead atoms.